The summed E-state index contributed by atoms with van der Waals surface area (Å²) in [5.41, 5.74) is 2.40. The number of nitrogens with one attached hydrogen (secondary N) is 2. The number of hydrogen-bond donors (Lipinski definition) is 2. The number of piperidine rings is 1. The van der Waals surface area contributed by atoms with Crippen LogP contribution in [0, 0.1) is 12.8 Å². The smallest absolute Gasteiger partial charge is 0.224 e. The lowest BCUT2D eigenvalue weighted by molar-refractivity contribution is -0.125. The zero-order valence-electron chi connectivity index (χ0n) is 11.2. The third kappa shape index (κ3) is 3.57. The summed E-state index contributed by atoms with van der Waals surface area (Å²) in [4.78, 5) is 12.0. The summed E-state index contributed by atoms with van der Waals surface area (Å²) in [6.07, 6.45) is 2.08. The summed E-state index contributed by atoms with van der Waals surface area (Å²) in [6.45, 7) is 5.67. The monoisotopic (exact) mass is 246 g/mol. The summed E-state index contributed by atoms with van der Waals surface area (Å²) in [6, 6.07) is 8.81. The molecule has 1 aliphatic rings. The lowest BCUT2D eigenvalue weighted by Gasteiger charge is -2.26. The van der Waals surface area contributed by atoms with Gasteiger partial charge < -0.3 is 10.6 Å². The first-order chi connectivity index (χ1) is 8.65. The van der Waals surface area contributed by atoms with Crippen molar-refractivity contribution in [3.05, 3.63) is 35.4 Å². The van der Waals surface area contributed by atoms with E-state index in [0.29, 0.717) is 12.6 Å². The maximum absolute atomic E-state index is 12.0. The van der Waals surface area contributed by atoms with E-state index >= 15 is 0 Å². The summed E-state index contributed by atoms with van der Waals surface area (Å²) in [5.74, 6) is 0.307. The van der Waals surface area contributed by atoms with Gasteiger partial charge in [0.25, 0.3) is 0 Å². The zero-order valence-corrected chi connectivity index (χ0v) is 11.2. The average molecular weight is 246 g/mol. The second kappa shape index (κ2) is 6.01. The van der Waals surface area contributed by atoms with Gasteiger partial charge in [0.15, 0.2) is 0 Å². The van der Waals surface area contributed by atoms with Gasteiger partial charge in [0.05, 0.1) is 5.92 Å². The molecular formula is C15H22N2O. The van der Waals surface area contributed by atoms with Gasteiger partial charge in [-0.15, -0.1) is 0 Å². The number of aryl methyl sites for hydroxylation is 1. The number of carbonyl (C=O) groups excluding carboxylic acids is 1. The molecule has 2 unspecified atom stereocenters. The lowest BCUT2D eigenvalue weighted by atomic mass is 9.95. The molecule has 18 heavy (non-hydrogen) atoms. The molecule has 1 fully saturated rings. The predicted octanol–water partition coefficient (Wildman–Crippen LogP) is 2.00. The minimum Gasteiger partial charge on any atom is -0.352 e. The zero-order chi connectivity index (χ0) is 13.0. The molecule has 1 aliphatic heterocycles. The highest BCUT2D eigenvalue weighted by Gasteiger charge is 2.23. The van der Waals surface area contributed by atoms with Crippen LogP contribution in [0.15, 0.2) is 24.3 Å². The van der Waals surface area contributed by atoms with Crippen molar-refractivity contribution in [3.8, 4) is 0 Å². The molecule has 1 amide bonds. The summed E-state index contributed by atoms with van der Waals surface area (Å²) in [7, 11) is 0. The van der Waals surface area contributed by atoms with Gasteiger partial charge in [-0.05, 0) is 32.3 Å². The Morgan fingerprint density at radius 3 is 2.94 bits per heavy atom. The Morgan fingerprint density at radius 2 is 2.28 bits per heavy atom. The Labute approximate surface area is 109 Å². The van der Waals surface area contributed by atoms with Crippen LogP contribution in [0.25, 0.3) is 0 Å². The normalized spacial score (nSPS) is 23.7. The second-order valence-electron chi connectivity index (χ2n) is 5.29. The third-order valence-electron chi connectivity index (χ3n) is 3.58. The fraction of sp³-hybridized carbons (Fsp3) is 0.533. The van der Waals surface area contributed by atoms with Crippen LogP contribution in [-0.2, 0) is 11.3 Å². The van der Waals surface area contributed by atoms with E-state index in [0.717, 1.165) is 19.4 Å². The van der Waals surface area contributed by atoms with E-state index in [1.54, 1.807) is 0 Å². The largest absolute Gasteiger partial charge is 0.352 e. The van der Waals surface area contributed by atoms with E-state index in [1.165, 1.54) is 11.1 Å². The van der Waals surface area contributed by atoms with Crippen LogP contribution in [0.1, 0.15) is 30.9 Å². The predicted molar refractivity (Wildman–Crippen MR) is 73.2 cm³/mol. The molecular weight excluding hydrogens is 224 g/mol. The molecule has 1 aromatic carbocycles. The minimum absolute atomic E-state index is 0.131. The number of hydrogen-bond acceptors (Lipinski definition) is 2. The number of benzene rings is 1. The number of rotatable bonds is 3. The van der Waals surface area contributed by atoms with Gasteiger partial charge in [-0.25, -0.2) is 0 Å². The SMILES string of the molecule is Cc1cccc(CNC(=O)C2CCC(C)NC2)c1. The Bertz CT molecular complexity index is 409. The van der Waals surface area contributed by atoms with Gasteiger partial charge in [0.2, 0.25) is 5.91 Å². The fourth-order valence-corrected chi connectivity index (χ4v) is 2.38. The highest BCUT2D eigenvalue weighted by atomic mass is 16.1. The summed E-state index contributed by atoms with van der Waals surface area (Å²) < 4.78 is 0. The molecule has 0 aliphatic carbocycles. The standard InChI is InChI=1S/C15H22N2O/c1-11-4-3-5-13(8-11)9-17-15(18)14-7-6-12(2)16-10-14/h3-5,8,12,14,16H,6-7,9-10H2,1-2H3,(H,17,18). The Hall–Kier alpha value is -1.35. The van der Waals surface area contributed by atoms with Crippen molar-refractivity contribution < 1.29 is 4.79 Å². The first-order valence-corrected chi connectivity index (χ1v) is 6.72. The minimum atomic E-state index is 0.131. The molecule has 1 aromatic rings. The van der Waals surface area contributed by atoms with Crippen LogP contribution < -0.4 is 10.6 Å². The van der Waals surface area contributed by atoms with Crippen molar-refractivity contribution >= 4 is 5.91 Å². The summed E-state index contributed by atoms with van der Waals surface area (Å²) >= 11 is 0. The van der Waals surface area contributed by atoms with E-state index in [-0.39, 0.29) is 11.8 Å². The van der Waals surface area contributed by atoms with Crippen LogP contribution in [0.5, 0.6) is 0 Å². The average Bonchev–Trinajstić information content (AvgIpc) is 2.37. The van der Waals surface area contributed by atoms with E-state index in [2.05, 4.69) is 42.7 Å². The molecule has 3 heteroatoms. The number of carbonyl (C=O) groups is 1. The van der Waals surface area contributed by atoms with E-state index in [1.807, 2.05) is 6.07 Å². The maximum atomic E-state index is 12.0. The van der Waals surface area contributed by atoms with E-state index in [9.17, 15) is 4.79 Å². The molecule has 2 rings (SSSR count). The number of amides is 1. The second-order valence-corrected chi connectivity index (χ2v) is 5.29. The summed E-state index contributed by atoms with van der Waals surface area (Å²) in [5, 5.41) is 6.39. The van der Waals surface area contributed by atoms with Gasteiger partial charge in [0, 0.05) is 19.1 Å². The van der Waals surface area contributed by atoms with Crippen LogP contribution in [0.2, 0.25) is 0 Å². The highest BCUT2D eigenvalue weighted by molar-refractivity contribution is 5.79. The molecule has 98 valence electrons. The molecule has 1 heterocycles. The molecule has 1 saturated heterocycles. The highest BCUT2D eigenvalue weighted by Crippen LogP contribution is 2.14. The van der Waals surface area contributed by atoms with Crippen LogP contribution in [-0.4, -0.2) is 18.5 Å². The van der Waals surface area contributed by atoms with E-state index < -0.39 is 0 Å². The third-order valence-corrected chi connectivity index (χ3v) is 3.58. The van der Waals surface area contributed by atoms with Gasteiger partial charge in [-0.2, -0.15) is 0 Å². The van der Waals surface area contributed by atoms with Crippen LogP contribution >= 0.6 is 0 Å². The topological polar surface area (TPSA) is 41.1 Å². The van der Waals surface area contributed by atoms with Gasteiger partial charge in [-0.1, -0.05) is 29.8 Å². The molecule has 0 bridgehead atoms. The maximum Gasteiger partial charge on any atom is 0.224 e. The lowest BCUT2D eigenvalue weighted by Crippen LogP contribution is -2.43. The van der Waals surface area contributed by atoms with Crippen LogP contribution in [0.4, 0.5) is 0 Å². The molecule has 0 saturated carbocycles. The van der Waals surface area contributed by atoms with Crippen molar-refractivity contribution in [1.82, 2.24) is 10.6 Å². The first-order valence-electron chi connectivity index (χ1n) is 6.72. The van der Waals surface area contributed by atoms with Crippen molar-refractivity contribution in [2.75, 3.05) is 6.54 Å². The Kier molecular flexibility index (Phi) is 4.37. The van der Waals surface area contributed by atoms with E-state index in [4.69, 9.17) is 0 Å². The van der Waals surface area contributed by atoms with Gasteiger partial charge >= 0.3 is 0 Å². The molecule has 2 atom stereocenters. The fourth-order valence-electron chi connectivity index (χ4n) is 2.38. The first kappa shape index (κ1) is 13.1. The molecule has 3 nitrogen and oxygen atoms in total. The van der Waals surface area contributed by atoms with Crippen molar-refractivity contribution in [1.29, 1.82) is 0 Å². The Morgan fingerprint density at radius 1 is 1.44 bits per heavy atom. The van der Waals surface area contributed by atoms with Crippen molar-refractivity contribution in [2.45, 2.75) is 39.3 Å². The molecule has 0 spiro atoms. The van der Waals surface area contributed by atoms with Gasteiger partial charge in [0.1, 0.15) is 0 Å². The molecule has 2 N–H and O–H groups in total. The van der Waals surface area contributed by atoms with Crippen molar-refractivity contribution in [3.63, 3.8) is 0 Å². The molecule has 0 aromatic heterocycles. The van der Waals surface area contributed by atoms with Crippen LogP contribution in [0.3, 0.4) is 0 Å². The quantitative estimate of drug-likeness (QED) is 0.856. The van der Waals surface area contributed by atoms with Crippen molar-refractivity contribution in [2.24, 2.45) is 5.92 Å². The molecule has 0 radical (unpaired) electrons. The van der Waals surface area contributed by atoms with Gasteiger partial charge in [-0.3, -0.25) is 4.79 Å². The Balaban J connectivity index is 1.81.